The van der Waals surface area contributed by atoms with Crippen molar-refractivity contribution in [3.05, 3.63) is 79.9 Å². The summed E-state index contributed by atoms with van der Waals surface area (Å²) in [6.07, 6.45) is -3.25. The molecule has 0 radical (unpaired) electrons. The summed E-state index contributed by atoms with van der Waals surface area (Å²) in [6, 6.07) is 10.3. The van der Waals surface area contributed by atoms with Crippen molar-refractivity contribution in [2.45, 2.75) is 44.3 Å². The summed E-state index contributed by atoms with van der Waals surface area (Å²) in [5.41, 5.74) is 0.920. The summed E-state index contributed by atoms with van der Waals surface area (Å²) in [5, 5.41) is 44.5. The molecule has 3 rings (SSSR count). The first-order valence-electron chi connectivity index (χ1n) is 11.3. The second kappa shape index (κ2) is 12.6. The molecule has 1 aliphatic rings. The number of rotatable bonds is 10. The topological polar surface area (TPSA) is 195 Å². The fraction of sp³-hybridized carbons (Fsp3) is 0.391. The molecule has 14 heteroatoms. The van der Waals surface area contributed by atoms with Crippen molar-refractivity contribution in [1.29, 1.82) is 0 Å². The van der Waals surface area contributed by atoms with E-state index >= 15 is 0 Å². The standard InChI is InChI=1S/C23H26N4O10/c28-19-11-20(25(12-19)23(31)37-14-16-3-7-18(8-4-16)27(34)35)21(29)9-10-24-22(30)36-13-15-1-5-17(6-2-15)26(32)33/h1-8,19-21,28-29H,9-14H2,(H,24,30)/t19-,20+,21+/m1/s1. The number of aliphatic hydroxyl groups is 2. The van der Waals surface area contributed by atoms with Crippen LogP contribution in [0.4, 0.5) is 21.0 Å². The van der Waals surface area contributed by atoms with E-state index < -0.39 is 40.3 Å². The highest BCUT2D eigenvalue weighted by Crippen LogP contribution is 2.24. The number of non-ortho nitro benzene ring substituents is 2. The number of hydrogen-bond acceptors (Lipinski definition) is 10. The number of β-amino-alcohol motifs (C(OH)–C–C–N with tert-alkyl or cyclic N) is 1. The number of aliphatic hydroxyl groups excluding tert-OH is 2. The van der Waals surface area contributed by atoms with Gasteiger partial charge in [0.1, 0.15) is 13.2 Å². The molecule has 1 heterocycles. The molecule has 1 aliphatic heterocycles. The highest BCUT2D eigenvalue weighted by Gasteiger charge is 2.39. The van der Waals surface area contributed by atoms with Gasteiger partial charge in [-0.3, -0.25) is 25.1 Å². The molecule has 198 valence electrons. The molecule has 14 nitrogen and oxygen atoms in total. The number of carbonyl (C=O) groups excluding carboxylic acids is 2. The van der Waals surface area contributed by atoms with Crippen LogP contribution in [0.2, 0.25) is 0 Å². The quantitative estimate of drug-likeness (QED) is 0.310. The molecule has 1 saturated heterocycles. The third-order valence-electron chi connectivity index (χ3n) is 5.74. The van der Waals surface area contributed by atoms with Crippen LogP contribution >= 0.6 is 0 Å². The number of hydrogen-bond donors (Lipinski definition) is 3. The minimum Gasteiger partial charge on any atom is -0.445 e. The molecule has 2 aromatic carbocycles. The number of nitro benzene ring substituents is 2. The predicted molar refractivity (Wildman–Crippen MR) is 126 cm³/mol. The monoisotopic (exact) mass is 518 g/mol. The predicted octanol–water partition coefficient (Wildman–Crippen LogP) is 2.25. The molecule has 1 fully saturated rings. The zero-order chi connectivity index (χ0) is 26.9. The third kappa shape index (κ3) is 7.85. The van der Waals surface area contributed by atoms with Crippen LogP contribution in [-0.2, 0) is 22.7 Å². The smallest absolute Gasteiger partial charge is 0.410 e. The lowest BCUT2D eigenvalue weighted by Gasteiger charge is -2.27. The summed E-state index contributed by atoms with van der Waals surface area (Å²) in [7, 11) is 0. The number of benzene rings is 2. The van der Waals surface area contributed by atoms with Crippen LogP contribution < -0.4 is 5.32 Å². The molecule has 3 atom stereocenters. The SMILES string of the molecule is O=C(NCC[C@H](O)[C@@H]1C[C@@H](O)CN1C(=O)OCc1ccc([N+](=O)[O-])cc1)OCc1ccc([N+](=O)[O-])cc1. The van der Waals surface area contributed by atoms with E-state index in [-0.39, 0.29) is 50.5 Å². The Bertz CT molecular complexity index is 1110. The first-order chi connectivity index (χ1) is 17.6. The van der Waals surface area contributed by atoms with Crippen molar-refractivity contribution in [3.63, 3.8) is 0 Å². The highest BCUT2D eigenvalue weighted by atomic mass is 16.6. The fourth-order valence-electron chi connectivity index (χ4n) is 3.79. The van der Waals surface area contributed by atoms with Gasteiger partial charge in [-0.15, -0.1) is 0 Å². The second-order valence-corrected chi connectivity index (χ2v) is 8.37. The molecule has 0 spiro atoms. The van der Waals surface area contributed by atoms with Crippen molar-refractivity contribution < 1.29 is 39.1 Å². The first-order valence-corrected chi connectivity index (χ1v) is 11.3. The van der Waals surface area contributed by atoms with Crippen LogP contribution in [0.1, 0.15) is 24.0 Å². The molecule has 2 amide bonds. The molecule has 3 N–H and O–H groups in total. The van der Waals surface area contributed by atoms with Gasteiger partial charge in [0.05, 0.1) is 34.6 Å². The number of nitro groups is 2. The van der Waals surface area contributed by atoms with E-state index in [0.29, 0.717) is 11.1 Å². The van der Waals surface area contributed by atoms with E-state index in [1.165, 1.54) is 53.4 Å². The summed E-state index contributed by atoms with van der Waals surface area (Å²) >= 11 is 0. The number of nitrogens with zero attached hydrogens (tertiary/aromatic N) is 3. The number of carbonyl (C=O) groups is 2. The summed E-state index contributed by atoms with van der Waals surface area (Å²) in [6.45, 7) is -0.256. The molecule has 0 aliphatic carbocycles. The van der Waals surface area contributed by atoms with Gasteiger partial charge < -0.3 is 25.0 Å². The van der Waals surface area contributed by atoms with E-state index in [1.807, 2.05) is 0 Å². The highest BCUT2D eigenvalue weighted by molar-refractivity contribution is 5.69. The molecule has 0 aromatic heterocycles. The fourth-order valence-corrected chi connectivity index (χ4v) is 3.79. The van der Waals surface area contributed by atoms with E-state index in [1.54, 1.807) is 0 Å². The van der Waals surface area contributed by atoms with Crippen LogP contribution in [0.5, 0.6) is 0 Å². The Labute approximate surface area is 210 Å². The van der Waals surface area contributed by atoms with Crippen LogP contribution in [-0.4, -0.2) is 68.5 Å². The first kappa shape index (κ1) is 27.3. The van der Waals surface area contributed by atoms with Crippen molar-refractivity contribution in [1.82, 2.24) is 10.2 Å². The van der Waals surface area contributed by atoms with Crippen molar-refractivity contribution in [2.24, 2.45) is 0 Å². The zero-order valence-electron chi connectivity index (χ0n) is 19.6. The van der Waals surface area contributed by atoms with Gasteiger partial charge in [0, 0.05) is 30.8 Å². The van der Waals surface area contributed by atoms with Gasteiger partial charge >= 0.3 is 12.2 Å². The van der Waals surface area contributed by atoms with E-state index in [2.05, 4.69) is 5.32 Å². The van der Waals surface area contributed by atoms with Gasteiger partial charge in [-0.2, -0.15) is 0 Å². The van der Waals surface area contributed by atoms with Gasteiger partial charge in [0.2, 0.25) is 0 Å². The summed E-state index contributed by atoms with van der Waals surface area (Å²) < 4.78 is 10.3. The summed E-state index contributed by atoms with van der Waals surface area (Å²) in [5.74, 6) is 0. The Morgan fingerprint density at radius 3 is 2.00 bits per heavy atom. The van der Waals surface area contributed by atoms with E-state index in [0.717, 1.165) is 0 Å². The lowest BCUT2D eigenvalue weighted by molar-refractivity contribution is -0.385. The third-order valence-corrected chi connectivity index (χ3v) is 5.74. The Morgan fingerprint density at radius 1 is 0.973 bits per heavy atom. The van der Waals surface area contributed by atoms with Crippen molar-refractivity contribution in [2.75, 3.05) is 13.1 Å². The molecule has 2 aromatic rings. The molecule has 0 saturated carbocycles. The minimum absolute atomic E-state index is 0.0263. The average molecular weight is 518 g/mol. The molecular weight excluding hydrogens is 492 g/mol. The Balaban J connectivity index is 1.42. The lowest BCUT2D eigenvalue weighted by Crippen LogP contribution is -2.44. The lowest BCUT2D eigenvalue weighted by atomic mass is 10.0. The van der Waals surface area contributed by atoms with Crippen LogP contribution in [0, 0.1) is 20.2 Å². The molecule has 37 heavy (non-hydrogen) atoms. The maximum Gasteiger partial charge on any atom is 0.410 e. The zero-order valence-corrected chi connectivity index (χ0v) is 19.6. The average Bonchev–Trinajstić information content (AvgIpc) is 3.28. The molecule has 0 unspecified atom stereocenters. The number of alkyl carbamates (subject to hydrolysis) is 1. The number of nitrogens with one attached hydrogen (secondary N) is 1. The largest absolute Gasteiger partial charge is 0.445 e. The van der Waals surface area contributed by atoms with Gasteiger partial charge in [-0.05, 0) is 48.2 Å². The minimum atomic E-state index is -1.07. The van der Waals surface area contributed by atoms with Crippen LogP contribution in [0.25, 0.3) is 0 Å². The van der Waals surface area contributed by atoms with Gasteiger partial charge in [0.15, 0.2) is 0 Å². The van der Waals surface area contributed by atoms with Crippen LogP contribution in [0.15, 0.2) is 48.5 Å². The maximum atomic E-state index is 12.6. The van der Waals surface area contributed by atoms with E-state index in [9.17, 15) is 40.0 Å². The van der Waals surface area contributed by atoms with Crippen molar-refractivity contribution in [3.8, 4) is 0 Å². The van der Waals surface area contributed by atoms with Gasteiger partial charge in [0.25, 0.3) is 11.4 Å². The van der Waals surface area contributed by atoms with E-state index in [4.69, 9.17) is 9.47 Å². The molecule has 0 bridgehead atoms. The number of ether oxygens (including phenoxy) is 2. The van der Waals surface area contributed by atoms with Gasteiger partial charge in [-0.1, -0.05) is 0 Å². The van der Waals surface area contributed by atoms with Crippen molar-refractivity contribution >= 4 is 23.6 Å². The molecular formula is C23H26N4O10. The maximum absolute atomic E-state index is 12.6. The number of likely N-dealkylation sites (tertiary alicyclic amines) is 1. The second-order valence-electron chi connectivity index (χ2n) is 8.37. The normalized spacial score (nSPS) is 17.6. The Morgan fingerprint density at radius 2 is 1.49 bits per heavy atom. The Kier molecular flexibility index (Phi) is 9.29. The Hall–Kier alpha value is -4.30. The van der Waals surface area contributed by atoms with Gasteiger partial charge in [-0.25, -0.2) is 9.59 Å². The number of amides is 2. The van der Waals surface area contributed by atoms with Crippen LogP contribution in [0.3, 0.4) is 0 Å². The summed E-state index contributed by atoms with van der Waals surface area (Å²) in [4.78, 5) is 46.0.